The van der Waals surface area contributed by atoms with Gasteiger partial charge in [0.25, 0.3) is 0 Å². The summed E-state index contributed by atoms with van der Waals surface area (Å²) in [7, 11) is 2.10. The molecule has 2 aromatic carbocycles. The fraction of sp³-hybridized carbons (Fsp3) is 0.333. The Hall–Kier alpha value is -2.22. The minimum atomic E-state index is 0.179. The van der Waals surface area contributed by atoms with Crippen LogP contribution in [0.5, 0.6) is 0 Å². The molecule has 2 nitrogen and oxygen atoms in total. The van der Waals surface area contributed by atoms with E-state index in [9.17, 15) is 0 Å². The third-order valence-electron chi connectivity index (χ3n) is 3.85. The fourth-order valence-corrected chi connectivity index (χ4v) is 2.61. The highest BCUT2D eigenvalue weighted by Crippen LogP contribution is 2.29. The van der Waals surface area contributed by atoms with Gasteiger partial charge in [0.05, 0.1) is 11.4 Å². The molecule has 0 saturated carbocycles. The molecule has 0 amide bonds. The molecule has 0 aromatic heterocycles. The molecule has 2 aromatic rings. The lowest BCUT2D eigenvalue weighted by atomic mass is 9.87. The topological polar surface area (TPSA) is 15.3 Å². The maximum atomic E-state index is 4.00. The minimum Gasteiger partial charge on any atom is -0.369 e. The number of likely N-dealkylation sites (N-methyl/N-ethyl adjacent to an activating group) is 1. The summed E-state index contributed by atoms with van der Waals surface area (Å²) in [6.45, 7) is 13.6. The molecule has 0 aliphatic heterocycles. The summed E-state index contributed by atoms with van der Waals surface area (Å²) in [4.78, 5) is 2.22. The summed E-state index contributed by atoms with van der Waals surface area (Å²) in [5.74, 6) is 0. The van der Waals surface area contributed by atoms with Crippen molar-refractivity contribution in [2.75, 3.05) is 23.8 Å². The van der Waals surface area contributed by atoms with Crippen LogP contribution in [0.1, 0.15) is 33.3 Å². The average molecular weight is 308 g/mol. The smallest absolute Gasteiger partial charge is 0.0622 e. The first-order chi connectivity index (χ1) is 10.8. The monoisotopic (exact) mass is 308 g/mol. The largest absolute Gasteiger partial charge is 0.369 e. The minimum absolute atomic E-state index is 0.179. The van der Waals surface area contributed by atoms with Crippen molar-refractivity contribution in [3.05, 3.63) is 66.2 Å². The summed E-state index contributed by atoms with van der Waals surface area (Å²) in [5.41, 5.74) is 6.06. The number of hydrogen-bond donors (Lipinski definition) is 1. The molecule has 0 saturated heterocycles. The van der Waals surface area contributed by atoms with Gasteiger partial charge in [-0.25, -0.2) is 0 Å². The van der Waals surface area contributed by atoms with Gasteiger partial charge in [-0.15, -0.1) is 0 Å². The standard InChI is InChI=1S/C21H28N2/c1-16(2)15-23(6)20-10-8-7-9-19(20)22-18-13-11-17(12-14-18)21(3,4)5/h7-14,22H,1,15H2,2-6H3. The predicted molar refractivity (Wildman–Crippen MR) is 103 cm³/mol. The fourth-order valence-electron chi connectivity index (χ4n) is 2.61. The van der Waals surface area contributed by atoms with Gasteiger partial charge in [0.1, 0.15) is 0 Å². The van der Waals surface area contributed by atoms with Crippen molar-refractivity contribution in [2.45, 2.75) is 33.1 Å². The quantitative estimate of drug-likeness (QED) is 0.708. The van der Waals surface area contributed by atoms with Gasteiger partial charge in [-0.2, -0.15) is 0 Å². The van der Waals surface area contributed by atoms with E-state index in [0.717, 1.165) is 23.5 Å². The van der Waals surface area contributed by atoms with Gasteiger partial charge in [-0.05, 0) is 42.2 Å². The number of benzene rings is 2. The van der Waals surface area contributed by atoms with Gasteiger partial charge < -0.3 is 10.2 Å². The van der Waals surface area contributed by atoms with Gasteiger partial charge in [0, 0.05) is 19.3 Å². The van der Waals surface area contributed by atoms with Crippen LogP contribution in [0.4, 0.5) is 17.1 Å². The molecule has 1 N–H and O–H groups in total. The van der Waals surface area contributed by atoms with E-state index in [2.05, 4.69) is 100 Å². The third kappa shape index (κ3) is 4.62. The van der Waals surface area contributed by atoms with E-state index in [0.29, 0.717) is 0 Å². The van der Waals surface area contributed by atoms with Crippen molar-refractivity contribution >= 4 is 17.1 Å². The van der Waals surface area contributed by atoms with E-state index < -0.39 is 0 Å². The molecule has 0 aliphatic rings. The maximum absolute atomic E-state index is 4.00. The van der Waals surface area contributed by atoms with E-state index >= 15 is 0 Å². The first kappa shape index (κ1) is 17.1. The van der Waals surface area contributed by atoms with Crippen molar-refractivity contribution in [1.29, 1.82) is 0 Å². The van der Waals surface area contributed by atoms with Crippen LogP contribution < -0.4 is 10.2 Å². The lowest BCUT2D eigenvalue weighted by molar-refractivity contribution is 0.590. The Balaban J connectivity index is 2.22. The number of anilines is 3. The van der Waals surface area contributed by atoms with E-state index in [4.69, 9.17) is 0 Å². The second-order valence-electron chi connectivity index (χ2n) is 7.28. The Bertz CT molecular complexity index is 663. The summed E-state index contributed by atoms with van der Waals surface area (Å²) in [6.07, 6.45) is 0. The van der Waals surface area contributed by atoms with Gasteiger partial charge in [-0.3, -0.25) is 0 Å². The molecule has 0 radical (unpaired) electrons. The molecule has 0 heterocycles. The van der Waals surface area contributed by atoms with Crippen LogP contribution in [0, 0.1) is 0 Å². The Morgan fingerprint density at radius 1 is 1.04 bits per heavy atom. The van der Waals surface area contributed by atoms with E-state index in [1.165, 1.54) is 11.3 Å². The van der Waals surface area contributed by atoms with Crippen LogP contribution in [0.2, 0.25) is 0 Å². The Morgan fingerprint density at radius 2 is 1.65 bits per heavy atom. The molecule has 2 heteroatoms. The van der Waals surface area contributed by atoms with Crippen LogP contribution in [0.25, 0.3) is 0 Å². The number of nitrogens with one attached hydrogen (secondary N) is 1. The molecular weight excluding hydrogens is 280 g/mol. The van der Waals surface area contributed by atoms with Gasteiger partial charge in [0.15, 0.2) is 0 Å². The first-order valence-corrected chi connectivity index (χ1v) is 8.09. The molecule has 0 fully saturated rings. The number of nitrogens with zero attached hydrogens (tertiary/aromatic N) is 1. The molecular formula is C21H28N2. The predicted octanol–water partition coefficient (Wildman–Crippen LogP) is 5.74. The number of rotatable bonds is 5. The highest BCUT2D eigenvalue weighted by molar-refractivity contribution is 5.75. The molecule has 0 bridgehead atoms. The van der Waals surface area contributed by atoms with Crippen molar-refractivity contribution in [3.63, 3.8) is 0 Å². The summed E-state index contributed by atoms with van der Waals surface area (Å²) in [6, 6.07) is 17.1. The first-order valence-electron chi connectivity index (χ1n) is 8.09. The zero-order valence-corrected chi connectivity index (χ0v) is 15.0. The van der Waals surface area contributed by atoms with Crippen LogP contribution in [-0.4, -0.2) is 13.6 Å². The van der Waals surface area contributed by atoms with Crippen molar-refractivity contribution in [2.24, 2.45) is 0 Å². The summed E-state index contributed by atoms with van der Waals surface area (Å²) in [5, 5.41) is 3.53. The van der Waals surface area contributed by atoms with Crippen LogP contribution >= 0.6 is 0 Å². The summed E-state index contributed by atoms with van der Waals surface area (Å²) >= 11 is 0. The van der Waals surface area contributed by atoms with Crippen molar-refractivity contribution in [1.82, 2.24) is 0 Å². The lowest BCUT2D eigenvalue weighted by Gasteiger charge is -2.23. The molecule has 23 heavy (non-hydrogen) atoms. The van der Waals surface area contributed by atoms with E-state index in [1.807, 2.05) is 0 Å². The second kappa shape index (κ2) is 6.91. The Labute approximate surface area is 140 Å². The van der Waals surface area contributed by atoms with Crippen LogP contribution in [-0.2, 0) is 5.41 Å². The molecule has 0 spiro atoms. The lowest BCUT2D eigenvalue weighted by Crippen LogP contribution is -2.20. The molecule has 0 unspecified atom stereocenters. The highest BCUT2D eigenvalue weighted by Gasteiger charge is 2.13. The molecule has 122 valence electrons. The zero-order chi connectivity index (χ0) is 17.0. The summed E-state index contributed by atoms with van der Waals surface area (Å²) < 4.78 is 0. The Kier molecular flexibility index (Phi) is 5.15. The van der Waals surface area contributed by atoms with Crippen LogP contribution in [0.15, 0.2) is 60.7 Å². The van der Waals surface area contributed by atoms with Crippen molar-refractivity contribution < 1.29 is 0 Å². The SMILES string of the molecule is C=C(C)CN(C)c1ccccc1Nc1ccc(C(C)(C)C)cc1. The molecule has 0 aliphatic carbocycles. The normalized spacial score (nSPS) is 11.2. The van der Waals surface area contributed by atoms with Crippen LogP contribution in [0.3, 0.4) is 0 Å². The number of hydrogen-bond acceptors (Lipinski definition) is 2. The van der Waals surface area contributed by atoms with Gasteiger partial charge in [-0.1, -0.05) is 57.2 Å². The molecule has 2 rings (SSSR count). The number of para-hydroxylation sites is 2. The van der Waals surface area contributed by atoms with Gasteiger partial charge in [0.2, 0.25) is 0 Å². The highest BCUT2D eigenvalue weighted by atomic mass is 15.1. The second-order valence-corrected chi connectivity index (χ2v) is 7.28. The van der Waals surface area contributed by atoms with E-state index in [1.54, 1.807) is 0 Å². The van der Waals surface area contributed by atoms with E-state index in [-0.39, 0.29) is 5.41 Å². The van der Waals surface area contributed by atoms with Gasteiger partial charge >= 0.3 is 0 Å². The average Bonchev–Trinajstić information content (AvgIpc) is 2.46. The van der Waals surface area contributed by atoms with Crippen molar-refractivity contribution in [3.8, 4) is 0 Å². The zero-order valence-electron chi connectivity index (χ0n) is 15.0. The molecule has 0 atom stereocenters. The third-order valence-corrected chi connectivity index (χ3v) is 3.85. The maximum Gasteiger partial charge on any atom is 0.0622 e. The Morgan fingerprint density at radius 3 is 2.22 bits per heavy atom.